The number of hydrogen-bond acceptors (Lipinski definition) is 4. The maximum atomic E-state index is 10.4. The second-order valence-electron chi connectivity index (χ2n) is 4.97. The molecule has 1 unspecified atom stereocenters. The number of aliphatic hydroxyl groups excluding tert-OH is 1. The van der Waals surface area contributed by atoms with E-state index in [1.165, 1.54) is 25.7 Å². The first kappa shape index (κ1) is 19.8. The van der Waals surface area contributed by atoms with Crippen molar-refractivity contribution in [2.75, 3.05) is 19.8 Å². The lowest BCUT2D eigenvalue weighted by Crippen LogP contribution is -2.50. The summed E-state index contributed by atoms with van der Waals surface area (Å²) in [5, 5.41) is 10.4. The minimum atomic E-state index is -1.29. The summed E-state index contributed by atoms with van der Waals surface area (Å²) in [4.78, 5) is 0. The Kier molecular flexibility index (Phi) is 12.5. The van der Waals surface area contributed by atoms with Gasteiger partial charge in [0.1, 0.15) is 6.10 Å². The predicted octanol–water partition coefficient (Wildman–Crippen LogP) is 3.86. The molecule has 0 aliphatic heterocycles. The highest BCUT2D eigenvalue weighted by Gasteiger charge is 2.40. The molecular formula is C16H34O4. The van der Waals surface area contributed by atoms with Crippen LogP contribution in [0.1, 0.15) is 72.6 Å². The third-order valence-electron chi connectivity index (χ3n) is 3.28. The second-order valence-corrected chi connectivity index (χ2v) is 4.97. The molecule has 122 valence electrons. The summed E-state index contributed by atoms with van der Waals surface area (Å²) in [5.41, 5.74) is 0. The molecule has 0 saturated heterocycles. The van der Waals surface area contributed by atoms with Crippen molar-refractivity contribution < 1.29 is 19.3 Å². The molecule has 0 radical (unpaired) electrons. The molecule has 1 atom stereocenters. The van der Waals surface area contributed by atoms with Gasteiger partial charge in [0, 0.05) is 19.8 Å². The van der Waals surface area contributed by atoms with Crippen LogP contribution in [0.25, 0.3) is 0 Å². The van der Waals surface area contributed by atoms with Crippen LogP contribution in [0.3, 0.4) is 0 Å². The Hall–Kier alpha value is -0.160. The van der Waals surface area contributed by atoms with Crippen LogP contribution in [0, 0.1) is 0 Å². The summed E-state index contributed by atoms with van der Waals surface area (Å²) in [6, 6.07) is 0. The number of unbranched alkanes of at least 4 members (excludes halogenated alkanes) is 5. The fourth-order valence-corrected chi connectivity index (χ4v) is 2.31. The quantitative estimate of drug-likeness (QED) is 0.390. The van der Waals surface area contributed by atoms with Gasteiger partial charge in [-0.2, -0.15) is 0 Å². The van der Waals surface area contributed by atoms with Gasteiger partial charge in [0.05, 0.1) is 0 Å². The lowest BCUT2D eigenvalue weighted by atomic mass is 10.1. The summed E-state index contributed by atoms with van der Waals surface area (Å²) < 4.78 is 16.7. The minimum absolute atomic E-state index is 0.452. The first-order valence-electron chi connectivity index (χ1n) is 8.26. The molecule has 1 N–H and O–H groups in total. The topological polar surface area (TPSA) is 47.9 Å². The van der Waals surface area contributed by atoms with Crippen molar-refractivity contribution in [3.8, 4) is 0 Å². The van der Waals surface area contributed by atoms with Crippen LogP contribution in [0.4, 0.5) is 0 Å². The van der Waals surface area contributed by atoms with Crippen LogP contribution < -0.4 is 0 Å². The molecule has 0 aromatic heterocycles. The molecule has 0 amide bonds. The van der Waals surface area contributed by atoms with E-state index >= 15 is 0 Å². The second kappa shape index (κ2) is 12.6. The van der Waals surface area contributed by atoms with Crippen LogP contribution in [-0.2, 0) is 14.2 Å². The summed E-state index contributed by atoms with van der Waals surface area (Å²) in [6.45, 7) is 9.21. The average molecular weight is 290 g/mol. The van der Waals surface area contributed by atoms with Crippen molar-refractivity contribution in [1.82, 2.24) is 0 Å². The lowest BCUT2D eigenvalue weighted by Gasteiger charge is -2.36. The zero-order chi connectivity index (χ0) is 15.3. The molecule has 0 aromatic carbocycles. The third-order valence-corrected chi connectivity index (χ3v) is 3.28. The molecule has 0 aliphatic rings. The maximum absolute atomic E-state index is 10.4. The van der Waals surface area contributed by atoms with E-state index in [9.17, 15) is 5.11 Å². The monoisotopic (exact) mass is 290 g/mol. The van der Waals surface area contributed by atoms with Crippen LogP contribution in [0.2, 0.25) is 0 Å². The fraction of sp³-hybridized carbons (Fsp3) is 1.00. The first-order valence-corrected chi connectivity index (χ1v) is 8.26. The Morgan fingerprint density at radius 3 is 1.65 bits per heavy atom. The molecule has 0 rings (SSSR count). The fourth-order valence-electron chi connectivity index (χ4n) is 2.31. The molecule has 0 fully saturated rings. The zero-order valence-corrected chi connectivity index (χ0v) is 13.8. The number of rotatable bonds is 14. The molecule has 4 heteroatoms. The van der Waals surface area contributed by atoms with Crippen LogP contribution in [-0.4, -0.2) is 37.0 Å². The Labute approximate surface area is 124 Å². The van der Waals surface area contributed by atoms with E-state index in [0.29, 0.717) is 26.2 Å². The Balaban J connectivity index is 4.20. The summed E-state index contributed by atoms with van der Waals surface area (Å²) in [5.74, 6) is -1.29. The van der Waals surface area contributed by atoms with E-state index in [-0.39, 0.29) is 0 Å². The number of hydrogen-bond donors (Lipinski definition) is 1. The highest BCUT2D eigenvalue weighted by atomic mass is 16.9. The molecule has 4 nitrogen and oxygen atoms in total. The highest BCUT2D eigenvalue weighted by molar-refractivity contribution is 4.70. The van der Waals surface area contributed by atoms with Crippen molar-refractivity contribution in [2.24, 2.45) is 0 Å². The summed E-state index contributed by atoms with van der Waals surface area (Å²) in [7, 11) is 0. The van der Waals surface area contributed by atoms with Gasteiger partial charge in [0.2, 0.25) is 0 Å². The van der Waals surface area contributed by atoms with Gasteiger partial charge < -0.3 is 19.3 Å². The third kappa shape index (κ3) is 7.58. The van der Waals surface area contributed by atoms with E-state index < -0.39 is 12.1 Å². The Morgan fingerprint density at radius 1 is 0.750 bits per heavy atom. The van der Waals surface area contributed by atoms with Gasteiger partial charge in [0.15, 0.2) is 0 Å². The largest absolute Gasteiger partial charge is 0.385 e. The van der Waals surface area contributed by atoms with Gasteiger partial charge in [0.25, 0.3) is 0 Å². The van der Waals surface area contributed by atoms with E-state index in [1.54, 1.807) is 0 Å². The van der Waals surface area contributed by atoms with Crippen molar-refractivity contribution in [3.63, 3.8) is 0 Å². The van der Waals surface area contributed by atoms with Gasteiger partial charge in [-0.1, -0.05) is 45.4 Å². The van der Waals surface area contributed by atoms with Gasteiger partial charge in [-0.15, -0.1) is 0 Å². The molecule has 0 heterocycles. The molecule has 0 aromatic rings. The Bertz CT molecular complexity index is 192. The normalized spacial score (nSPS) is 13.7. The maximum Gasteiger partial charge on any atom is 0.310 e. The molecular weight excluding hydrogens is 256 g/mol. The van der Waals surface area contributed by atoms with E-state index in [2.05, 4.69) is 6.92 Å². The highest BCUT2D eigenvalue weighted by Crippen LogP contribution is 2.24. The first-order chi connectivity index (χ1) is 9.66. The average Bonchev–Trinajstić information content (AvgIpc) is 2.43. The van der Waals surface area contributed by atoms with Gasteiger partial charge in [-0.3, -0.25) is 0 Å². The molecule has 0 spiro atoms. The molecule has 0 bridgehead atoms. The summed E-state index contributed by atoms with van der Waals surface area (Å²) in [6.07, 6.45) is 7.07. The van der Waals surface area contributed by atoms with E-state index in [4.69, 9.17) is 14.2 Å². The van der Waals surface area contributed by atoms with E-state index in [0.717, 1.165) is 12.8 Å². The standard InChI is InChI=1S/C16H34O4/c1-5-9-10-11-12-13-14-15(17)16(18-6-2,19-7-3)20-8-4/h15,17H,5-14H2,1-4H3. The Morgan fingerprint density at radius 2 is 1.20 bits per heavy atom. The minimum Gasteiger partial charge on any atom is -0.385 e. The zero-order valence-electron chi connectivity index (χ0n) is 13.8. The van der Waals surface area contributed by atoms with Gasteiger partial charge in [-0.25, -0.2) is 0 Å². The molecule has 0 saturated carbocycles. The molecule has 20 heavy (non-hydrogen) atoms. The van der Waals surface area contributed by atoms with E-state index in [1.807, 2.05) is 20.8 Å². The van der Waals surface area contributed by atoms with Crippen molar-refractivity contribution in [3.05, 3.63) is 0 Å². The van der Waals surface area contributed by atoms with Crippen molar-refractivity contribution >= 4 is 0 Å². The SMILES string of the molecule is CCCCCCCCC(O)C(OCC)(OCC)OCC. The smallest absolute Gasteiger partial charge is 0.310 e. The van der Waals surface area contributed by atoms with Crippen LogP contribution in [0.15, 0.2) is 0 Å². The number of aliphatic hydroxyl groups is 1. The van der Waals surface area contributed by atoms with Crippen molar-refractivity contribution in [1.29, 1.82) is 0 Å². The van der Waals surface area contributed by atoms with Crippen LogP contribution in [0.5, 0.6) is 0 Å². The van der Waals surface area contributed by atoms with Crippen molar-refractivity contribution in [2.45, 2.75) is 84.7 Å². The number of ether oxygens (including phenoxy) is 3. The lowest BCUT2D eigenvalue weighted by molar-refractivity contribution is -0.410. The predicted molar refractivity (Wildman–Crippen MR) is 81.6 cm³/mol. The van der Waals surface area contributed by atoms with Crippen LogP contribution >= 0.6 is 0 Å². The van der Waals surface area contributed by atoms with Gasteiger partial charge in [-0.05, 0) is 27.2 Å². The summed E-state index contributed by atoms with van der Waals surface area (Å²) >= 11 is 0. The van der Waals surface area contributed by atoms with Gasteiger partial charge >= 0.3 is 5.97 Å². The molecule has 0 aliphatic carbocycles.